The molecule has 2 aliphatic carbocycles. The van der Waals surface area contributed by atoms with Gasteiger partial charge in [0.05, 0.1) is 0 Å². The topological polar surface area (TPSA) is 49.9 Å². The van der Waals surface area contributed by atoms with Crippen LogP contribution in [0, 0.1) is 5.92 Å². The summed E-state index contributed by atoms with van der Waals surface area (Å²) in [4.78, 5) is 30.2. The van der Waals surface area contributed by atoms with Gasteiger partial charge in [-0.05, 0) is 54.4 Å². The number of hydrogen-bond donors (Lipinski definition) is 0. The van der Waals surface area contributed by atoms with Crippen LogP contribution in [0.3, 0.4) is 0 Å². The first-order chi connectivity index (χ1) is 16.4. The molecule has 0 spiro atoms. The van der Waals surface area contributed by atoms with Gasteiger partial charge in [-0.15, -0.1) is 0 Å². The molecule has 0 N–H and O–H groups in total. The highest BCUT2D eigenvalue weighted by Crippen LogP contribution is 2.44. The van der Waals surface area contributed by atoms with Crippen LogP contribution >= 0.6 is 0 Å². The lowest BCUT2D eigenvalue weighted by molar-refractivity contribution is -0.139. The van der Waals surface area contributed by atoms with E-state index in [1.165, 1.54) is 28.7 Å². The number of nitrogens with zero attached hydrogens (tertiary/aromatic N) is 2. The molecular weight excluding hydrogens is 424 g/mol. The number of likely N-dealkylation sites (N-methyl/N-ethyl adjacent to an activating group) is 2. The molecule has 2 aliphatic rings. The molecule has 0 aromatic heterocycles. The molecule has 2 aromatic rings. The standard InChI is InChI=1S/C29H38N2O3/c1-5-20(2)30(3)28(32)27(21-13-7-6-8-14-21)31(4)29(33)34-19-26-24-17-11-9-15-22(24)23-16-10-12-18-25(23)26/h9-12,15-18,20-21,26-27H,5-8,13-14,19H2,1-4H3/t20-,27?/m1/s1. The second kappa shape index (κ2) is 10.6. The summed E-state index contributed by atoms with van der Waals surface area (Å²) in [6.07, 6.45) is 5.85. The minimum absolute atomic E-state index is 0.0105. The Morgan fingerprint density at radius 1 is 0.912 bits per heavy atom. The Labute approximate surface area is 204 Å². The SMILES string of the molecule is CC[C@@H](C)N(C)C(=O)C(C1CCCCC1)N(C)C(=O)OCC1c2ccccc2-c2ccccc21. The van der Waals surface area contributed by atoms with Crippen LogP contribution < -0.4 is 0 Å². The highest BCUT2D eigenvalue weighted by Gasteiger charge is 2.38. The van der Waals surface area contributed by atoms with E-state index >= 15 is 0 Å². The van der Waals surface area contributed by atoms with Gasteiger partial charge in [-0.25, -0.2) is 4.79 Å². The highest BCUT2D eigenvalue weighted by molar-refractivity contribution is 5.86. The summed E-state index contributed by atoms with van der Waals surface area (Å²) in [5.41, 5.74) is 4.79. The second-order valence-electron chi connectivity index (χ2n) is 9.96. The Balaban J connectivity index is 1.51. The molecule has 2 atom stereocenters. The van der Waals surface area contributed by atoms with Crippen molar-refractivity contribution >= 4 is 12.0 Å². The Kier molecular flexibility index (Phi) is 7.60. The molecule has 5 nitrogen and oxygen atoms in total. The molecule has 0 heterocycles. The number of carbonyl (C=O) groups excluding carboxylic acids is 2. The number of hydrogen-bond acceptors (Lipinski definition) is 3. The van der Waals surface area contributed by atoms with Gasteiger partial charge in [0.1, 0.15) is 12.6 Å². The smallest absolute Gasteiger partial charge is 0.410 e. The van der Waals surface area contributed by atoms with Crippen molar-refractivity contribution in [1.29, 1.82) is 0 Å². The van der Waals surface area contributed by atoms with Crippen LogP contribution in [0.15, 0.2) is 48.5 Å². The molecule has 0 bridgehead atoms. The average Bonchev–Trinajstić information content (AvgIpc) is 3.20. The van der Waals surface area contributed by atoms with Crippen molar-refractivity contribution < 1.29 is 14.3 Å². The highest BCUT2D eigenvalue weighted by atomic mass is 16.6. The summed E-state index contributed by atoms with van der Waals surface area (Å²) in [7, 11) is 3.60. The van der Waals surface area contributed by atoms with Gasteiger partial charge in [-0.2, -0.15) is 0 Å². The maximum Gasteiger partial charge on any atom is 0.410 e. The number of fused-ring (bicyclic) bond motifs is 3. The van der Waals surface area contributed by atoms with Crippen LogP contribution in [0.4, 0.5) is 4.79 Å². The van der Waals surface area contributed by atoms with Gasteiger partial charge < -0.3 is 9.64 Å². The normalized spacial score (nSPS) is 17.4. The third kappa shape index (κ3) is 4.70. The van der Waals surface area contributed by atoms with E-state index in [2.05, 4.69) is 38.1 Å². The Morgan fingerprint density at radius 2 is 1.47 bits per heavy atom. The van der Waals surface area contributed by atoms with Gasteiger partial charge in [0.2, 0.25) is 5.91 Å². The van der Waals surface area contributed by atoms with Gasteiger partial charge in [-0.3, -0.25) is 9.69 Å². The number of benzene rings is 2. The van der Waals surface area contributed by atoms with Gasteiger partial charge in [-0.1, -0.05) is 74.7 Å². The van der Waals surface area contributed by atoms with E-state index < -0.39 is 12.1 Å². The van der Waals surface area contributed by atoms with E-state index in [0.717, 1.165) is 32.1 Å². The zero-order valence-electron chi connectivity index (χ0n) is 21.0. The minimum Gasteiger partial charge on any atom is -0.448 e. The van der Waals surface area contributed by atoms with Crippen molar-refractivity contribution in [2.24, 2.45) is 5.92 Å². The van der Waals surface area contributed by atoms with E-state index in [9.17, 15) is 9.59 Å². The summed E-state index contributed by atoms with van der Waals surface area (Å²) >= 11 is 0. The van der Waals surface area contributed by atoms with Crippen molar-refractivity contribution in [2.45, 2.75) is 70.4 Å². The van der Waals surface area contributed by atoms with E-state index in [0.29, 0.717) is 0 Å². The Morgan fingerprint density at radius 3 is 2.03 bits per heavy atom. The van der Waals surface area contributed by atoms with Crippen molar-refractivity contribution in [3.05, 3.63) is 59.7 Å². The first-order valence-electron chi connectivity index (χ1n) is 12.8. The molecule has 0 radical (unpaired) electrons. The maximum absolute atomic E-state index is 13.6. The van der Waals surface area contributed by atoms with Crippen LogP contribution in [0.5, 0.6) is 0 Å². The summed E-state index contributed by atoms with van der Waals surface area (Å²) in [6.45, 7) is 4.41. The van der Waals surface area contributed by atoms with Crippen LogP contribution in [-0.4, -0.2) is 54.6 Å². The lowest BCUT2D eigenvalue weighted by atomic mass is 9.82. The quantitative estimate of drug-likeness (QED) is 0.501. The molecule has 1 saturated carbocycles. The molecular formula is C29H38N2O3. The summed E-state index contributed by atoms with van der Waals surface area (Å²) in [5.74, 6) is 0.215. The van der Waals surface area contributed by atoms with E-state index in [-0.39, 0.29) is 30.4 Å². The molecule has 1 fully saturated rings. The largest absolute Gasteiger partial charge is 0.448 e. The van der Waals surface area contributed by atoms with Crippen molar-refractivity contribution in [3.8, 4) is 11.1 Å². The Bertz CT molecular complexity index is 968. The Hall–Kier alpha value is -2.82. The summed E-state index contributed by atoms with van der Waals surface area (Å²) in [6, 6.07) is 16.3. The number of rotatable bonds is 7. The molecule has 34 heavy (non-hydrogen) atoms. The third-order valence-electron chi connectivity index (χ3n) is 7.99. The minimum atomic E-state index is -0.477. The van der Waals surface area contributed by atoms with Crippen molar-refractivity contribution in [2.75, 3.05) is 20.7 Å². The monoisotopic (exact) mass is 462 g/mol. The average molecular weight is 463 g/mol. The fraction of sp³-hybridized carbons (Fsp3) is 0.517. The van der Waals surface area contributed by atoms with E-state index in [1.807, 2.05) is 36.2 Å². The fourth-order valence-electron chi connectivity index (χ4n) is 5.64. The second-order valence-corrected chi connectivity index (χ2v) is 9.96. The van der Waals surface area contributed by atoms with Gasteiger partial charge in [0, 0.05) is 26.1 Å². The predicted molar refractivity (Wildman–Crippen MR) is 136 cm³/mol. The molecule has 4 rings (SSSR count). The molecule has 2 amide bonds. The van der Waals surface area contributed by atoms with Gasteiger partial charge in [0.25, 0.3) is 0 Å². The maximum atomic E-state index is 13.6. The van der Waals surface area contributed by atoms with E-state index in [1.54, 1.807) is 11.9 Å². The number of carbonyl (C=O) groups is 2. The first kappa shape index (κ1) is 24.3. The number of amides is 2. The van der Waals surface area contributed by atoms with Gasteiger partial charge >= 0.3 is 6.09 Å². The molecule has 2 aromatic carbocycles. The zero-order chi connectivity index (χ0) is 24.2. The van der Waals surface area contributed by atoms with Gasteiger partial charge in [0.15, 0.2) is 0 Å². The van der Waals surface area contributed by atoms with E-state index in [4.69, 9.17) is 4.74 Å². The molecule has 182 valence electrons. The molecule has 0 saturated heterocycles. The molecule has 5 heteroatoms. The zero-order valence-corrected chi connectivity index (χ0v) is 21.0. The molecule has 0 aliphatic heterocycles. The first-order valence-corrected chi connectivity index (χ1v) is 12.8. The fourth-order valence-corrected chi connectivity index (χ4v) is 5.64. The van der Waals surface area contributed by atoms with Crippen LogP contribution in [-0.2, 0) is 9.53 Å². The third-order valence-corrected chi connectivity index (χ3v) is 7.99. The van der Waals surface area contributed by atoms with Crippen LogP contribution in [0.1, 0.15) is 69.4 Å². The lowest BCUT2D eigenvalue weighted by Crippen LogP contribution is -2.54. The molecule has 1 unspecified atom stereocenters. The van der Waals surface area contributed by atoms with Crippen molar-refractivity contribution in [1.82, 2.24) is 9.80 Å². The van der Waals surface area contributed by atoms with Crippen LogP contribution in [0.2, 0.25) is 0 Å². The summed E-state index contributed by atoms with van der Waals surface area (Å²) in [5, 5.41) is 0. The van der Waals surface area contributed by atoms with Crippen molar-refractivity contribution in [3.63, 3.8) is 0 Å². The lowest BCUT2D eigenvalue weighted by Gasteiger charge is -2.38. The van der Waals surface area contributed by atoms with Crippen LogP contribution in [0.25, 0.3) is 11.1 Å². The number of ether oxygens (including phenoxy) is 1. The predicted octanol–water partition coefficient (Wildman–Crippen LogP) is 6.07. The summed E-state index contributed by atoms with van der Waals surface area (Å²) < 4.78 is 5.91.